The van der Waals surface area contributed by atoms with Gasteiger partial charge in [0.25, 0.3) is 5.91 Å². The van der Waals surface area contributed by atoms with Gasteiger partial charge in [-0.2, -0.15) is 0 Å². The second-order valence-electron chi connectivity index (χ2n) is 9.18. The standard InChI is InChI=1S/C28H33N3O4/c29-31-25(17-18-26(32)33)30-27(24(28(31)34)16-11-20-7-3-1-4-8-20)22-12-14-23(15-13-22)35-19-21-9-5-2-6-10-21/h2,5-6,9-10,12-15,17,20,30H,1,3-4,7-8,11,16,18-19,29H2,(H,32,33)/b25-17-. The molecule has 2 aromatic rings. The number of nitrogens with zero attached hydrogens (tertiary/aromatic N) is 1. The fourth-order valence-corrected chi connectivity index (χ4v) is 4.72. The highest BCUT2D eigenvalue weighted by Gasteiger charge is 2.30. The first kappa shape index (κ1) is 24.5. The Labute approximate surface area is 206 Å². The van der Waals surface area contributed by atoms with Crippen LogP contribution in [0, 0.1) is 5.92 Å². The molecular formula is C28H33N3O4. The molecular weight excluding hydrogens is 442 g/mol. The van der Waals surface area contributed by atoms with E-state index in [1.807, 2.05) is 54.6 Å². The number of ether oxygens (including phenoxy) is 1. The molecule has 35 heavy (non-hydrogen) atoms. The smallest absolute Gasteiger partial charge is 0.307 e. The Hall–Kier alpha value is -3.58. The highest BCUT2D eigenvalue weighted by molar-refractivity contribution is 6.03. The first-order valence-corrected chi connectivity index (χ1v) is 12.3. The maximum Gasteiger partial charge on any atom is 0.307 e. The second kappa shape index (κ2) is 11.7. The average molecular weight is 476 g/mol. The van der Waals surface area contributed by atoms with Crippen molar-refractivity contribution < 1.29 is 19.4 Å². The van der Waals surface area contributed by atoms with Crippen molar-refractivity contribution in [1.29, 1.82) is 0 Å². The fourth-order valence-electron chi connectivity index (χ4n) is 4.72. The monoisotopic (exact) mass is 475 g/mol. The van der Waals surface area contributed by atoms with E-state index in [1.54, 1.807) is 0 Å². The predicted molar refractivity (Wildman–Crippen MR) is 134 cm³/mol. The van der Waals surface area contributed by atoms with E-state index in [2.05, 4.69) is 5.32 Å². The molecule has 4 N–H and O–H groups in total. The summed E-state index contributed by atoms with van der Waals surface area (Å²) in [7, 11) is 0. The highest BCUT2D eigenvalue weighted by Crippen LogP contribution is 2.33. The van der Waals surface area contributed by atoms with Crippen LogP contribution in [0.1, 0.15) is 62.5 Å². The molecule has 1 heterocycles. The number of carboxylic acid groups (broad SMARTS) is 1. The van der Waals surface area contributed by atoms with Crippen LogP contribution < -0.4 is 15.9 Å². The minimum absolute atomic E-state index is 0.236. The zero-order chi connectivity index (χ0) is 24.6. The van der Waals surface area contributed by atoms with E-state index in [4.69, 9.17) is 15.7 Å². The summed E-state index contributed by atoms with van der Waals surface area (Å²) in [4.78, 5) is 24.3. The summed E-state index contributed by atoms with van der Waals surface area (Å²) in [6.45, 7) is 0.469. The zero-order valence-corrected chi connectivity index (χ0v) is 19.9. The number of amides is 1. The lowest BCUT2D eigenvalue weighted by Gasteiger charge is -2.32. The summed E-state index contributed by atoms with van der Waals surface area (Å²) in [6, 6.07) is 17.5. The van der Waals surface area contributed by atoms with Crippen LogP contribution in [0.25, 0.3) is 5.70 Å². The molecule has 0 unspecified atom stereocenters. The molecule has 7 heteroatoms. The zero-order valence-electron chi connectivity index (χ0n) is 19.9. The molecule has 1 amide bonds. The molecule has 2 aromatic carbocycles. The van der Waals surface area contributed by atoms with E-state index < -0.39 is 5.97 Å². The Bertz CT molecular complexity index is 1090. The largest absolute Gasteiger partial charge is 0.489 e. The van der Waals surface area contributed by atoms with E-state index in [0.29, 0.717) is 30.2 Å². The molecule has 0 aromatic heterocycles. The highest BCUT2D eigenvalue weighted by atomic mass is 16.5. The lowest BCUT2D eigenvalue weighted by atomic mass is 9.84. The van der Waals surface area contributed by atoms with Crippen molar-refractivity contribution >= 4 is 17.6 Å². The summed E-state index contributed by atoms with van der Waals surface area (Å²) in [5.74, 6) is 6.41. The third-order valence-corrected chi connectivity index (χ3v) is 6.68. The van der Waals surface area contributed by atoms with Crippen LogP contribution in [0.2, 0.25) is 0 Å². The van der Waals surface area contributed by atoms with Crippen LogP contribution in [0.5, 0.6) is 5.75 Å². The number of carbonyl (C=O) groups excluding carboxylic acids is 1. The quantitative estimate of drug-likeness (QED) is 0.350. The minimum Gasteiger partial charge on any atom is -0.489 e. The van der Waals surface area contributed by atoms with Gasteiger partial charge < -0.3 is 15.2 Å². The van der Waals surface area contributed by atoms with Gasteiger partial charge in [0.2, 0.25) is 0 Å². The Morgan fingerprint density at radius 3 is 2.49 bits per heavy atom. The molecule has 2 aliphatic rings. The van der Waals surface area contributed by atoms with Gasteiger partial charge in [0.1, 0.15) is 18.2 Å². The molecule has 0 spiro atoms. The first-order chi connectivity index (χ1) is 17.0. The van der Waals surface area contributed by atoms with Crippen molar-refractivity contribution in [2.75, 3.05) is 0 Å². The normalized spacial score (nSPS) is 18.0. The lowest BCUT2D eigenvalue weighted by Crippen LogP contribution is -2.46. The third kappa shape index (κ3) is 6.51. The summed E-state index contributed by atoms with van der Waals surface area (Å²) in [5.41, 5.74) is 3.22. The number of nitrogens with one attached hydrogen (secondary N) is 1. The molecule has 0 bridgehead atoms. The minimum atomic E-state index is -0.992. The number of carbonyl (C=O) groups is 2. The summed E-state index contributed by atoms with van der Waals surface area (Å²) < 4.78 is 5.90. The van der Waals surface area contributed by atoms with Crippen molar-refractivity contribution in [3.8, 4) is 5.75 Å². The Balaban J connectivity index is 1.56. The maximum absolute atomic E-state index is 13.3. The number of benzene rings is 2. The number of rotatable bonds is 9. The summed E-state index contributed by atoms with van der Waals surface area (Å²) in [5, 5.41) is 13.3. The molecule has 7 nitrogen and oxygen atoms in total. The molecule has 0 saturated heterocycles. The van der Waals surface area contributed by atoms with Crippen LogP contribution in [0.15, 0.2) is 72.1 Å². The fraction of sp³-hybridized carbons (Fsp3) is 0.357. The van der Waals surface area contributed by atoms with Gasteiger partial charge in [0.05, 0.1) is 12.1 Å². The third-order valence-electron chi connectivity index (χ3n) is 6.68. The molecule has 1 fully saturated rings. The Kier molecular flexibility index (Phi) is 8.21. The molecule has 1 aliphatic heterocycles. The number of hydrazine groups is 1. The van der Waals surface area contributed by atoms with Crippen LogP contribution >= 0.6 is 0 Å². The van der Waals surface area contributed by atoms with Crippen LogP contribution in [0.4, 0.5) is 0 Å². The van der Waals surface area contributed by atoms with Gasteiger partial charge >= 0.3 is 5.97 Å². The molecule has 1 saturated carbocycles. The van der Waals surface area contributed by atoms with Crippen molar-refractivity contribution in [3.05, 3.63) is 83.2 Å². The first-order valence-electron chi connectivity index (χ1n) is 12.3. The van der Waals surface area contributed by atoms with E-state index in [-0.39, 0.29) is 18.1 Å². The SMILES string of the molecule is NN1C(=O)C(CCC2CCCCC2)=C(c2ccc(OCc3ccccc3)cc2)N/C1=C/CC(=O)O. The second-order valence-corrected chi connectivity index (χ2v) is 9.18. The predicted octanol–water partition coefficient (Wildman–Crippen LogP) is 4.96. The summed E-state index contributed by atoms with van der Waals surface area (Å²) in [6.07, 6.45) is 8.94. The van der Waals surface area contributed by atoms with Crippen molar-refractivity contribution in [2.45, 2.75) is 58.0 Å². The topological polar surface area (TPSA) is 105 Å². The maximum atomic E-state index is 13.3. The van der Waals surface area contributed by atoms with Crippen LogP contribution in [-0.2, 0) is 16.2 Å². The van der Waals surface area contributed by atoms with Gasteiger partial charge in [-0.15, -0.1) is 0 Å². The molecule has 4 rings (SSSR count). The van der Waals surface area contributed by atoms with E-state index in [0.717, 1.165) is 28.3 Å². The average Bonchev–Trinajstić information content (AvgIpc) is 2.89. The van der Waals surface area contributed by atoms with Crippen molar-refractivity contribution in [2.24, 2.45) is 11.8 Å². The van der Waals surface area contributed by atoms with Gasteiger partial charge in [-0.25, -0.2) is 10.9 Å². The van der Waals surface area contributed by atoms with Crippen molar-refractivity contribution in [1.82, 2.24) is 10.3 Å². The van der Waals surface area contributed by atoms with Crippen LogP contribution in [0.3, 0.4) is 0 Å². The number of aliphatic carboxylic acids is 1. The molecule has 0 atom stereocenters. The number of hydrogen-bond donors (Lipinski definition) is 3. The molecule has 184 valence electrons. The van der Waals surface area contributed by atoms with E-state index in [1.165, 1.54) is 38.2 Å². The number of nitrogens with two attached hydrogens (primary N) is 1. The van der Waals surface area contributed by atoms with E-state index >= 15 is 0 Å². The number of hydrogen-bond acceptors (Lipinski definition) is 5. The Morgan fingerprint density at radius 2 is 1.80 bits per heavy atom. The van der Waals surface area contributed by atoms with Crippen molar-refractivity contribution in [3.63, 3.8) is 0 Å². The summed E-state index contributed by atoms with van der Waals surface area (Å²) >= 11 is 0. The van der Waals surface area contributed by atoms with Gasteiger partial charge in [0, 0.05) is 5.57 Å². The Morgan fingerprint density at radius 1 is 1.09 bits per heavy atom. The molecule has 1 aliphatic carbocycles. The number of carboxylic acids is 1. The van der Waals surface area contributed by atoms with Gasteiger partial charge in [-0.05, 0) is 60.2 Å². The lowest BCUT2D eigenvalue weighted by molar-refractivity contribution is -0.136. The van der Waals surface area contributed by atoms with E-state index in [9.17, 15) is 9.59 Å². The van der Waals surface area contributed by atoms with Crippen LogP contribution in [-0.4, -0.2) is 22.0 Å². The molecule has 0 radical (unpaired) electrons. The van der Waals surface area contributed by atoms with Gasteiger partial charge in [-0.3, -0.25) is 9.59 Å². The van der Waals surface area contributed by atoms with Gasteiger partial charge in [0.15, 0.2) is 0 Å². The van der Waals surface area contributed by atoms with Gasteiger partial charge in [-0.1, -0.05) is 62.4 Å².